The summed E-state index contributed by atoms with van der Waals surface area (Å²) in [6, 6.07) is 5.10. The van der Waals surface area contributed by atoms with E-state index in [1.54, 1.807) is 26.0 Å². The van der Waals surface area contributed by atoms with Gasteiger partial charge in [-0.2, -0.15) is 13.2 Å². The van der Waals surface area contributed by atoms with Crippen LogP contribution in [0.1, 0.15) is 34.3 Å². The second-order valence-electron chi connectivity index (χ2n) is 4.58. The van der Waals surface area contributed by atoms with Crippen LogP contribution < -0.4 is 5.73 Å². The molecular weight excluding hydrogens is 335 g/mol. The average Bonchev–Trinajstić information content (AvgIpc) is 2.66. The van der Waals surface area contributed by atoms with Gasteiger partial charge in [-0.15, -0.1) is 0 Å². The van der Waals surface area contributed by atoms with Gasteiger partial charge in [0.25, 0.3) is 0 Å². The number of halogens is 4. The van der Waals surface area contributed by atoms with Crippen molar-refractivity contribution in [1.29, 1.82) is 0 Å². The number of nitrogens with two attached hydrogens (primary N) is 1. The highest BCUT2D eigenvalue weighted by atomic mass is 79.9. The van der Waals surface area contributed by atoms with Crippen molar-refractivity contribution in [2.24, 2.45) is 5.73 Å². The van der Waals surface area contributed by atoms with Crippen molar-refractivity contribution in [3.8, 4) is 0 Å². The molecule has 20 heavy (non-hydrogen) atoms. The summed E-state index contributed by atoms with van der Waals surface area (Å²) in [4.78, 5) is 0. The van der Waals surface area contributed by atoms with E-state index in [1.807, 2.05) is 0 Å². The zero-order valence-corrected chi connectivity index (χ0v) is 12.5. The molecule has 1 aromatic carbocycles. The zero-order chi connectivity index (χ0) is 15.1. The Bertz CT molecular complexity index is 634. The van der Waals surface area contributed by atoms with Crippen LogP contribution in [-0.4, -0.2) is 0 Å². The van der Waals surface area contributed by atoms with E-state index in [1.165, 1.54) is 6.07 Å². The maximum absolute atomic E-state index is 12.9. The van der Waals surface area contributed by atoms with Crippen molar-refractivity contribution < 1.29 is 17.6 Å². The molecule has 0 fully saturated rings. The maximum atomic E-state index is 12.9. The Kier molecular flexibility index (Phi) is 3.97. The molecule has 0 amide bonds. The van der Waals surface area contributed by atoms with Crippen molar-refractivity contribution in [2.45, 2.75) is 26.1 Å². The van der Waals surface area contributed by atoms with E-state index in [0.29, 0.717) is 22.6 Å². The summed E-state index contributed by atoms with van der Waals surface area (Å²) in [6.45, 7) is 3.51. The predicted octanol–water partition coefficient (Wildman–Crippen LogP) is 4.73. The van der Waals surface area contributed by atoms with Gasteiger partial charge in [-0.05, 0) is 37.6 Å². The molecule has 1 aromatic heterocycles. The molecule has 0 radical (unpaired) electrons. The largest absolute Gasteiger partial charge is 0.466 e. The summed E-state index contributed by atoms with van der Waals surface area (Å²) in [5, 5.41) is 0. The summed E-state index contributed by atoms with van der Waals surface area (Å²) >= 11 is 2.91. The molecule has 1 unspecified atom stereocenters. The molecule has 6 heteroatoms. The van der Waals surface area contributed by atoms with Gasteiger partial charge in [-0.1, -0.05) is 22.0 Å². The number of hydrogen-bond donors (Lipinski definition) is 1. The Labute approximate surface area is 122 Å². The minimum atomic E-state index is -4.42. The Morgan fingerprint density at radius 3 is 2.35 bits per heavy atom. The smallest absolute Gasteiger partial charge is 0.417 e. The third kappa shape index (κ3) is 2.91. The van der Waals surface area contributed by atoms with E-state index < -0.39 is 17.8 Å². The first kappa shape index (κ1) is 15.1. The van der Waals surface area contributed by atoms with Gasteiger partial charge in [0.05, 0.1) is 11.6 Å². The van der Waals surface area contributed by atoms with Crippen LogP contribution >= 0.6 is 15.9 Å². The van der Waals surface area contributed by atoms with Crippen LogP contribution in [0.25, 0.3) is 0 Å². The molecule has 0 aliphatic carbocycles. The van der Waals surface area contributed by atoms with E-state index >= 15 is 0 Å². The van der Waals surface area contributed by atoms with Gasteiger partial charge in [0.1, 0.15) is 11.5 Å². The van der Waals surface area contributed by atoms with Crippen molar-refractivity contribution in [3.63, 3.8) is 0 Å². The first-order valence-electron chi connectivity index (χ1n) is 5.89. The Hall–Kier alpha value is -1.27. The van der Waals surface area contributed by atoms with Crippen molar-refractivity contribution in [3.05, 3.63) is 56.9 Å². The highest BCUT2D eigenvalue weighted by Crippen LogP contribution is 2.37. The molecule has 1 atom stereocenters. The normalized spacial score (nSPS) is 13.6. The predicted molar refractivity (Wildman–Crippen MR) is 73.4 cm³/mol. The van der Waals surface area contributed by atoms with Gasteiger partial charge in [-0.25, -0.2) is 0 Å². The van der Waals surface area contributed by atoms with Crippen LogP contribution in [0.15, 0.2) is 33.2 Å². The minimum Gasteiger partial charge on any atom is -0.466 e. The number of rotatable bonds is 2. The molecular formula is C14H13BrF3NO. The fourth-order valence-corrected chi connectivity index (χ4v) is 2.56. The number of alkyl halides is 3. The first-order chi connectivity index (χ1) is 9.20. The van der Waals surface area contributed by atoms with E-state index in [4.69, 9.17) is 10.2 Å². The van der Waals surface area contributed by atoms with Crippen LogP contribution in [-0.2, 0) is 6.18 Å². The molecule has 2 N–H and O–H groups in total. The molecule has 108 valence electrons. The number of furan rings is 1. The van der Waals surface area contributed by atoms with E-state index in [2.05, 4.69) is 15.9 Å². The highest BCUT2D eigenvalue weighted by Gasteiger charge is 2.33. The number of benzene rings is 1. The molecule has 1 heterocycles. The van der Waals surface area contributed by atoms with E-state index in [-0.39, 0.29) is 4.47 Å². The van der Waals surface area contributed by atoms with Gasteiger partial charge >= 0.3 is 6.18 Å². The zero-order valence-electron chi connectivity index (χ0n) is 10.9. The minimum absolute atomic E-state index is 0.000969. The molecule has 0 saturated heterocycles. The molecule has 2 nitrogen and oxygen atoms in total. The molecule has 0 bridgehead atoms. The first-order valence-corrected chi connectivity index (χ1v) is 6.68. The number of hydrogen-bond acceptors (Lipinski definition) is 2. The fraction of sp³-hybridized carbons (Fsp3) is 0.286. The Balaban J connectivity index is 2.46. The summed E-state index contributed by atoms with van der Waals surface area (Å²) < 4.78 is 44.0. The topological polar surface area (TPSA) is 39.2 Å². The highest BCUT2D eigenvalue weighted by molar-refractivity contribution is 9.10. The van der Waals surface area contributed by atoms with E-state index in [9.17, 15) is 13.2 Å². The van der Waals surface area contributed by atoms with Crippen LogP contribution in [0.3, 0.4) is 0 Å². The van der Waals surface area contributed by atoms with E-state index in [0.717, 1.165) is 6.07 Å². The van der Waals surface area contributed by atoms with Gasteiger partial charge in [0.15, 0.2) is 0 Å². The lowest BCUT2D eigenvalue weighted by molar-refractivity contribution is -0.138. The van der Waals surface area contributed by atoms with Gasteiger partial charge in [-0.3, -0.25) is 0 Å². The standard InChI is InChI=1S/C14H13BrF3NO/c1-7-5-10(8(2)20-7)13(19)9-3-4-12(15)11(6-9)14(16,17)18/h3-6,13H,19H2,1-2H3. The third-order valence-corrected chi connectivity index (χ3v) is 3.76. The molecule has 0 spiro atoms. The van der Waals surface area contributed by atoms with Crippen LogP contribution in [0.5, 0.6) is 0 Å². The van der Waals surface area contributed by atoms with Crippen molar-refractivity contribution >= 4 is 15.9 Å². The van der Waals surface area contributed by atoms with Gasteiger partial charge in [0.2, 0.25) is 0 Å². The average molecular weight is 348 g/mol. The second kappa shape index (κ2) is 5.26. The number of aryl methyl sites for hydroxylation is 2. The Morgan fingerprint density at radius 2 is 1.85 bits per heavy atom. The lowest BCUT2D eigenvalue weighted by Gasteiger charge is -2.15. The van der Waals surface area contributed by atoms with Gasteiger partial charge < -0.3 is 10.2 Å². The summed E-state index contributed by atoms with van der Waals surface area (Å²) in [5.41, 5.74) is 6.40. The lowest BCUT2D eigenvalue weighted by Crippen LogP contribution is -2.14. The molecule has 2 rings (SSSR count). The fourth-order valence-electron chi connectivity index (χ4n) is 2.09. The molecule has 0 aliphatic rings. The quantitative estimate of drug-likeness (QED) is 0.853. The van der Waals surface area contributed by atoms with Crippen LogP contribution in [0.2, 0.25) is 0 Å². The molecule has 0 saturated carbocycles. The molecule has 0 aliphatic heterocycles. The van der Waals surface area contributed by atoms with Gasteiger partial charge in [0, 0.05) is 10.0 Å². The Morgan fingerprint density at radius 1 is 1.20 bits per heavy atom. The lowest BCUT2D eigenvalue weighted by atomic mass is 9.98. The SMILES string of the molecule is Cc1cc(C(N)c2ccc(Br)c(C(F)(F)F)c2)c(C)o1. The summed E-state index contributed by atoms with van der Waals surface area (Å²) in [6.07, 6.45) is -4.42. The second-order valence-corrected chi connectivity index (χ2v) is 5.44. The summed E-state index contributed by atoms with van der Waals surface area (Å²) in [7, 11) is 0. The van der Waals surface area contributed by atoms with Crippen LogP contribution in [0.4, 0.5) is 13.2 Å². The monoisotopic (exact) mass is 347 g/mol. The maximum Gasteiger partial charge on any atom is 0.417 e. The summed E-state index contributed by atoms with van der Waals surface area (Å²) in [5.74, 6) is 1.30. The van der Waals surface area contributed by atoms with Crippen LogP contribution in [0, 0.1) is 13.8 Å². The van der Waals surface area contributed by atoms with Crippen molar-refractivity contribution in [2.75, 3.05) is 0 Å². The van der Waals surface area contributed by atoms with Crippen molar-refractivity contribution in [1.82, 2.24) is 0 Å². The molecule has 2 aromatic rings. The third-order valence-electron chi connectivity index (χ3n) is 3.07.